The van der Waals surface area contributed by atoms with Crippen LogP contribution in [0.4, 0.5) is 18.3 Å². The van der Waals surface area contributed by atoms with Crippen molar-refractivity contribution in [2.24, 2.45) is 0 Å². The fraction of sp³-hybridized carbons (Fsp3) is 0.438. The largest absolute Gasteiger partial charge is 0.573 e. The third kappa shape index (κ3) is 6.68. The second kappa shape index (κ2) is 8.53. The van der Waals surface area contributed by atoms with Crippen molar-refractivity contribution in [2.75, 3.05) is 25.5 Å². The van der Waals surface area contributed by atoms with E-state index in [1.165, 1.54) is 24.1 Å². The Labute approximate surface area is 157 Å². The molecule has 0 saturated heterocycles. The minimum Gasteiger partial charge on any atom is -0.406 e. The Morgan fingerprint density at radius 3 is 2.67 bits per heavy atom. The molecule has 0 aliphatic carbocycles. The number of aromatic nitrogens is 1. The number of thiazole rings is 1. The summed E-state index contributed by atoms with van der Waals surface area (Å²) in [4.78, 5) is 29.4. The fourth-order valence-electron chi connectivity index (χ4n) is 2.04. The van der Waals surface area contributed by atoms with Crippen LogP contribution < -0.4 is 15.4 Å². The van der Waals surface area contributed by atoms with Crippen LogP contribution in [0.1, 0.15) is 13.8 Å². The number of hydrogen-bond donors (Lipinski definition) is 2. The van der Waals surface area contributed by atoms with E-state index >= 15 is 0 Å². The van der Waals surface area contributed by atoms with E-state index in [1.807, 2.05) is 13.8 Å². The molecule has 11 heteroatoms. The topological polar surface area (TPSA) is 83.6 Å². The molecule has 0 aliphatic heterocycles. The number of nitrogens with zero attached hydrogens (tertiary/aromatic N) is 2. The van der Waals surface area contributed by atoms with Crippen LogP contribution in [0.25, 0.3) is 10.2 Å². The highest BCUT2D eigenvalue weighted by atomic mass is 32.1. The van der Waals surface area contributed by atoms with E-state index in [2.05, 4.69) is 20.4 Å². The molecule has 1 aromatic carbocycles. The zero-order chi connectivity index (χ0) is 20.2. The van der Waals surface area contributed by atoms with E-state index in [1.54, 1.807) is 0 Å². The van der Waals surface area contributed by atoms with Crippen LogP contribution in [0.5, 0.6) is 5.75 Å². The summed E-state index contributed by atoms with van der Waals surface area (Å²) in [6.07, 6.45) is -4.78. The molecule has 27 heavy (non-hydrogen) atoms. The van der Waals surface area contributed by atoms with Gasteiger partial charge in [-0.1, -0.05) is 25.2 Å². The maximum absolute atomic E-state index is 12.3. The van der Waals surface area contributed by atoms with Crippen molar-refractivity contribution >= 4 is 38.5 Å². The van der Waals surface area contributed by atoms with Gasteiger partial charge >= 0.3 is 6.36 Å². The highest BCUT2D eigenvalue weighted by Crippen LogP contribution is 2.31. The highest BCUT2D eigenvalue weighted by Gasteiger charge is 2.31. The van der Waals surface area contributed by atoms with Crippen LogP contribution in [-0.4, -0.2) is 54.2 Å². The molecule has 0 aliphatic rings. The van der Waals surface area contributed by atoms with E-state index in [0.29, 0.717) is 10.2 Å². The number of halogens is 3. The third-order valence-electron chi connectivity index (χ3n) is 3.31. The van der Waals surface area contributed by atoms with Crippen molar-refractivity contribution < 1.29 is 27.5 Å². The first-order valence-electron chi connectivity index (χ1n) is 7.97. The van der Waals surface area contributed by atoms with Crippen LogP contribution in [0.15, 0.2) is 18.2 Å². The normalized spacial score (nSPS) is 11.7. The number of hydrogen-bond acceptors (Lipinski definition) is 6. The number of likely N-dealkylation sites (N-methyl/N-ethyl adjacent to an activating group) is 1. The van der Waals surface area contributed by atoms with Crippen molar-refractivity contribution in [3.63, 3.8) is 0 Å². The van der Waals surface area contributed by atoms with E-state index in [0.717, 1.165) is 17.4 Å². The lowest BCUT2D eigenvalue weighted by atomic mass is 10.3. The number of nitrogens with one attached hydrogen (secondary N) is 2. The molecule has 1 heterocycles. The van der Waals surface area contributed by atoms with Crippen LogP contribution >= 0.6 is 11.3 Å². The van der Waals surface area contributed by atoms with Gasteiger partial charge in [-0.3, -0.25) is 9.59 Å². The van der Waals surface area contributed by atoms with Gasteiger partial charge in [-0.05, 0) is 12.1 Å². The molecule has 0 bridgehead atoms. The van der Waals surface area contributed by atoms with E-state index in [9.17, 15) is 22.8 Å². The smallest absolute Gasteiger partial charge is 0.406 e. The number of anilines is 1. The predicted molar refractivity (Wildman–Crippen MR) is 95.7 cm³/mol. The van der Waals surface area contributed by atoms with Crippen molar-refractivity contribution in [3.05, 3.63) is 18.2 Å². The third-order valence-corrected chi connectivity index (χ3v) is 4.24. The van der Waals surface area contributed by atoms with Gasteiger partial charge in [0, 0.05) is 19.2 Å². The highest BCUT2D eigenvalue weighted by molar-refractivity contribution is 7.22. The van der Waals surface area contributed by atoms with Gasteiger partial charge in [-0.2, -0.15) is 0 Å². The minimum atomic E-state index is -4.78. The number of carbonyl (C=O) groups is 2. The Bertz CT molecular complexity index is 823. The molecule has 2 rings (SSSR count). The Kier molecular flexibility index (Phi) is 6.60. The van der Waals surface area contributed by atoms with Gasteiger partial charge in [0.25, 0.3) is 0 Å². The van der Waals surface area contributed by atoms with E-state index in [4.69, 9.17) is 0 Å². The Balaban J connectivity index is 1.97. The summed E-state index contributed by atoms with van der Waals surface area (Å²) in [7, 11) is 1.50. The lowest BCUT2D eigenvalue weighted by Gasteiger charge is -2.17. The average Bonchev–Trinajstić information content (AvgIpc) is 2.91. The van der Waals surface area contributed by atoms with Crippen molar-refractivity contribution in [1.82, 2.24) is 15.2 Å². The molecule has 1 aromatic heterocycles. The van der Waals surface area contributed by atoms with Gasteiger partial charge in [0.1, 0.15) is 5.75 Å². The quantitative estimate of drug-likeness (QED) is 0.741. The first kappa shape index (κ1) is 20.9. The fourth-order valence-corrected chi connectivity index (χ4v) is 2.95. The van der Waals surface area contributed by atoms with Gasteiger partial charge in [0.05, 0.1) is 23.3 Å². The summed E-state index contributed by atoms with van der Waals surface area (Å²) in [5.74, 6) is -1.06. The number of benzene rings is 1. The first-order chi connectivity index (χ1) is 12.5. The molecule has 148 valence electrons. The van der Waals surface area contributed by atoms with E-state index in [-0.39, 0.29) is 35.9 Å². The maximum atomic E-state index is 12.3. The summed E-state index contributed by atoms with van der Waals surface area (Å²) >= 11 is 1.01. The van der Waals surface area contributed by atoms with Crippen molar-refractivity contribution in [2.45, 2.75) is 26.3 Å². The summed E-state index contributed by atoms with van der Waals surface area (Å²) in [5.41, 5.74) is 0.426. The number of fused-ring (bicyclic) bond motifs is 1. The lowest BCUT2D eigenvalue weighted by molar-refractivity contribution is -0.274. The molecule has 0 spiro atoms. The van der Waals surface area contributed by atoms with Gasteiger partial charge in [0.15, 0.2) is 5.13 Å². The minimum absolute atomic E-state index is 0.116. The molecule has 0 saturated carbocycles. The lowest BCUT2D eigenvalue weighted by Crippen LogP contribution is -2.41. The van der Waals surface area contributed by atoms with Crippen LogP contribution in [-0.2, 0) is 9.59 Å². The maximum Gasteiger partial charge on any atom is 0.573 e. The molecule has 0 unspecified atom stereocenters. The van der Waals surface area contributed by atoms with Gasteiger partial charge in [-0.15, -0.1) is 13.2 Å². The van der Waals surface area contributed by atoms with Gasteiger partial charge in [-0.25, -0.2) is 4.98 Å². The molecule has 0 radical (unpaired) electrons. The Hall–Kier alpha value is -2.40. The standard InChI is InChI=1S/C16H19F3N4O3S/c1-9(2)20-7-14(25)23(3)8-13(24)22-15-21-11-5-4-10(6-12(11)27-15)26-16(17,18)19/h4-6,9,20H,7-8H2,1-3H3,(H,21,22,24). The number of amides is 2. The number of carbonyl (C=O) groups excluding carboxylic acids is 2. The average molecular weight is 404 g/mol. The zero-order valence-electron chi connectivity index (χ0n) is 14.9. The van der Waals surface area contributed by atoms with Crippen LogP contribution in [0, 0.1) is 0 Å². The van der Waals surface area contributed by atoms with Crippen LogP contribution in [0.2, 0.25) is 0 Å². The predicted octanol–water partition coefficient (Wildman–Crippen LogP) is 2.59. The Morgan fingerprint density at radius 1 is 1.33 bits per heavy atom. The first-order valence-corrected chi connectivity index (χ1v) is 8.78. The second-order valence-corrected chi connectivity index (χ2v) is 7.06. The second-order valence-electron chi connectivity index (χ2n) is 6.03. The SMILES string of the molecule is CC(C)NCC(=O)N(C)CC(=O)Nc1nc2ccc(OC(F)(F)F)cc2s1. The van der Waals surface area contributed by atoms with E-state index < -0.39 is 12.3 Å². The summed E-state index contributed by atoms with van der Waals surface area (Å²) in [6.45, 7) is 3.75. The molecular weight excluding hydrogens is 385 g/mol. The molecule has 0 atom stereocenters. The van der Waals surface area contributed by atoms with Gasteiger partial charge < -0.3 is 20.3 Å². The molecule has 2 aromatic rings. The molecule has 2 amide bonds. The number of ether oxygens (including phenoxy) is 1. The van der Waals surface area contributed by atoms with Crippen molar-refractivity contribution in [1.29, 1.82) is 0 Å². The Morgan fingerprint density at radius 2 is 2.04 bits per heavy atom. The molecule has 7 nitrogen and oxygen atoms in total. The van der Waals surface area contributed by atoms with Gasteiger partial charge in [0.2, 0.25) is 11.8 Å². The number of rotatable bonds is 7. The van der Waals surface area contributed by atoms with Crippen molar-refractivity contribution in [3.8, 4) is 5.75 Å². The number of alkyl halides is 3. The molecular formula is C16H19F3N4O3S. The summed E-state index contributed by atoms with van der Waals surface area (Å²) in [6, 6.07) is 3.86. The molecule has 0 fully saturated rings. The van der Waals surface area contributed by atoms with Crippen LogP contribution in [0.3, 0.4) is 0 Å². The monoisotopic (exact) mass is 404 g/mol. The zero-order valence-corrected chi connectivity index (χ0v) is 15.7. The molecule has 2 N–H and O–H groups in total. The summed E-state index contributed by atoms with van der Waals surface area (Å²) < 4.78 is 41.1. The summed E-state index contributed by atoms with van der Waals surface area (Å²) in [5, 5.41) is 5.73.